The maximum absolute atomic E-state index is 11.9. The number of halogens is 1. The van der Waals surface area contributed by atoms with Gasteiger partial charge < -0.3 is 11.1 Å². The summed E-state index contributed by atoms with van der Waals surface area (Å²) in [5.74, 6) is -1.12. The first-order valence-corrected chi connectivity index (χ1v) is 5.62. The van der Waals surface area contributed by atoms with E-state index in [0.717, 1.165) is 0 Å². The van der Waals surface area contributed by atoms with Crippen LogP contribution in [0.1, 0.15) is 21.0 Å². The topological polar surface area (TPSA) is 119 Å². The van der Waals surface area contributed by atoms with E-state index in [2.05, 4.69) is 36.5 Å². The fourth-order valence-corrected chi connectivity index (χ4v) is 1.81. The standard InChI is InChI=1S/C9H9BrN6O2/c1-16-7(8(11)17)5(3-13-16)14-9(18)6-4(10)2-12-15-6/h2-3H,1H3,(H2,11,17)(H,12,15)(H,14,18). The maximum atomic E-state index is 11.9. The quantitative estimate of drug-likeness (QED) is 0.753. The number of hydrogen-bond acceptors (Lipinski definition) is 4. The molecule has 0 aliphatic rings. The highest BCUT2D eigenvalue weighted by Gasteiger charge is 2.18. The normalized spacial score (nSPS) is 10.3. The highest BCUT2D eigenvalue weighted by atomic mass is 79.9. The van der Waals surface area contributed by atoms with Crippen molar-refractivity contribution in [2.75, 3.05) is 5.32 Å². The Balaban J connectivity index is 2.28. The van der Waals surface area contributed by atoms with Crippen LogP contribution in [0.4, 0.5) is 5.69 Å². The maximum Gasteiger partial charge on any atom is 0.274 e. The minimum atomic E-state index is -0.672. The second-order valence-electron chi connectivity index (χ2n) is 3.44. The average molecular weight is 313 g/mol. The van der Waals surface area contributed by atoms with Crippen LogP contribution in [0.15, 0.2) is 16.9 Å². The summed E-state index contributed by atoms with van der Waals surface area (Å²) in [7, 11) is 1.56. The van der Waals surface area contributed by atoms with Gasteiger partial charge in [0.15, 0.2) is 0 Å². The molecule has 0 aliphatic heterocycles. The molecule has 8 nitrogen and oxygen atoms in total. The summed E-state index contributed by atoms with van der Waals surface area (Å²) in [4.78, 5) is 23.1. The van der Waals surface area contributed by atoms with Crippen molar-refractivity contribution in [2.24, 2.45) is 12.8 Å². The first kappa shape index (κ1) is 12.3. The van der Waals surface area contributed by atoms with E-state index in [0.29, 0.717) is 4.47 Å². The minimum absolute atomic E-state index is 0.124. The number of nitrogens with one attached hydrogen (secondary N) is 2. The molecule has 0 unspecified atom stereocenters. The van der Waals surface area contributed by atoms with Crippen LogP contribution in [-0.2, 0) is 7.05 Å². The number of aromatic nitrogens is 4. The van der Waals surface area contributed by atoms with Crippen LogP contribution < -0.4 is 11.1 Å². The van der Waals surface area contributed by atoms with Crippen molar-refractivity contribution in [3.05, 3.63) is 28.3 Å². The number of hydrogen-bond donors (Lipinski definition) is 3. The lowest BCUT2D eigenvalue weighted by molar-refractivity contribution is 0.0992. The van der Waals surface area contributed by atoms with Crippen molar-refractivity contribution in [2.45, 2.75) is 0 Å². The number of anilines is 1. The number of aryl methyl sites for hydroxylation is 1. The molecule has 18 heavy (non-hydrogen) atoms. The molecule has 0 radical (unpaired) electrons. The number of amides is 2. The number of aromatic amines is 1. The van der Waals surface area contributed by atoms with Gasteiger partial charge in [-0.2, -0.15) is 10.2 Å². The van der Waals surface area contributed by atoms with Gasteiger partial charge in [-0.1, -0.05) is 0 Å². The number of nitrogens with two attached hydrogens (primary N) is 1. The van der Waals surface area contributed by atoms with Crippen molar-refractivity contribution in [3.8, 4) is 0 Å². The Kier molecular flexibility index (Phi) is 3.15. The molecule has 4 N–H and O–H groups in total. The molecule has 0 bridgehead atoms. The number of H-pyrrole nitrogens is 1. The van der Waals surface area contributed by atoms with Gasteiger partial charge in [0.2, 0.25) is 0 Å². The molecule has 2 rings (SSSR count). The number of nitrogens with zero attached hydrogens (tertiary/aromatic N) is 3. The molecule has 94 valence electrons. The van der Waals surface area contributed by atoms with Crippen molar-refractivity contribution in [1.29, 1.82) is 0 Å². The lowest BCUT2D eigenvalue weighted by Gasteiger charge is -2.04. The van der Waals surface area contributed by atoms with E-state index in [1.807, 2.05) is 0 Å². The molecule has 2 aromatic rings. The zero-order valence-electron chi connectivity index (χ0n) is 9.27. The number of rotatable bonds is 3. The van der Waals surface area contributed by atoms with Crippen molar-refractivity contribution >= 4 is 33.4 Å². The second kappa shape index (κ2) is 4.61. The number of carbonyl (C=O) groups excluding carboxylic acids is 2. The minimum Gasteiger partial charge on any atom is -0.364 e. The summed E-state index contributed by atoms with van der Waals surface area (Å²) in [6, 6.07) is 0. The lowest BCUT2D eigenvalue weighted by Crippen LogP contribution is -2.20. The van der Waals surface area contributed by atoms with E-state index in [4.69, 9.17) is 5.73 Å². The molecule has 0 aliphatic carbocycles. The van der Waals surface area contributed by atoms with Crippen LogP contribution in [0.5, 0.6) is 0 Å². The molecule has 0 aromatic carbocycles. The van der Waals surface area contributed by atoms with Crippen LogP contribution in [0.25, 0.3) is 0 Å². The number of carbonyl (C=O) groups is 2. The first-order chi connectivity index (χ1) is 8.50. The Morgan fingerprint density at radius 2 is 2.22 bits per heavy atom. The fraction of sp³-hybridized carbons (Fsp3) is 0.111. The van der Waals surface area contributed by atoms with Gasteiger partial charge in [-0.15, -0.1) is 0 Å². The third-order valence-corrected chi connectivity index (χ3v) is 2.84. The Hall–Kier alpha value is -2.16. The zero-order valence-corrected chi connectivity index (χ0v) is 10.9. The molecule has 0 spiro atoms. The first-order valence-electron chi connectivity index (χ1n) is 4.82. The Bertz CT molecular complexity index is 616. The van der Waals surface area contributed by atoms with Gasteiger partial charge in [0.25, 0.3) is 11.8 Å². The van der Waals surface area contributed by atoms with Gasteiger partial charge in [-0.25, -0.2) is 0 Å². The third-order valence-electron chi connectivity index (χ3n) is 2.24. The zero-order chi connectivity index (χ0) is 13.3. The molecule has 0 saturated heterocycles. The molecule has 0 atom stereocenters. The monoisotopic (exact) mass is 312 g/mol. The van der Waals surface area contributed by atoms with E-state index in [1.54, 1.807) is 7.05 Å². The third kappa shape index (κ3) is 2.12. The Labute approximate surface area is 110 Å². The molecule has 0 fully saturated rings. The highest BCUT2D eigenvalue weighted by molar-refractivity contribution is 9.10. The Morgan fingerprint density at radius 1 is 1.50 bits per heavy atom. The van der Waals surface area contributed by atoms with Gasteiger partial charge in [-0.3, -0.25) is 19.4 Å². The van der Waals surface area contributed by atoms with Gasteiger partial charge in [0, 0.05) is 7.05 Å². The summed E-state index contributed by atoms with van der Waals surface area (Å²) in [6.45, 7) is 0. The number of primary amides is 1. The van der Waals surface area contributed by atoms with E-state index < -0.39 is 11.8 Å². The largest absolute Gasteiger partial charge is 0.364 e. The van der Waals surface area contributed by atoms with Gasteiger partial charge >= 0.3 is 0 Å². The van der Waals surface area contributed by atoms with Crippen LogP contribution in [0.3, 0.4) is 0 Å². The smallest absolute Gasteiger partial charge is 0.274 e. The van der Waals surface area contributed by atoms with Crippen LogP contribution >= 0.6 is 15.9 Å². The van der Waals surface area contributed by atoms with Crippen molar-refractivity contribution in [3.63, 3.8) is 0 Å². The molecule has 0 saturated carbocycles. The average Bonchev–Trinajstić information content (AvgIpc) is 2.85. The summed E-state index contributed by atoms with van der Waals surface area (Å²) in [5.41, 5.74) is 5.82. The molecule has 9 heteroatoms. The van der Waals surface area contributed by atoms with Crippen molar-refractivity contribution < 1.29 is 9.59 Å². The molecule has 2 aromatic heterocycles. The van der Waals surface area contributed by atoms with E-state index in [1.165, 1.54) is 17.1 Å². The van der Waals surface area contributed by atoms with Crippen molar-refractivity contribution in [1.82, 2.24) is 20.0 Å². The second-order valence-corrected chi connectivity index (χ2v) is 4.30. The van der Waals surface area contributed by atoms with Crippen LogP contribution in [0.2, 0.25) is 0 Å². The molecular formula is C9H9BrN6O2. The summed E-state index contributed by atoms with van der Waals surface area (Å²) >= 11 is 3.17. The molecular weight excluding hydrogens is 304 g/mol. The molecule has 2 heterocycles. The van der Waals surface area contributed by atoms with Gasteiger partial charge in [-0.05, 0) is 15.9 Å². The van der Waals surface area contributed by atoms with Gasteiger partial charge in [0.05, 0.1) is 22.6 Å². The van der Waals surface area contributed by atoms with E-state index in [-0.39, 0.29) is 17.1 Å². The predicted octanol–water partition coefficient (Wildman–Crippen LogP) is 0.257. The molecule has 2 amide bonds. The summed E-state index contributed by atoms with van der Waals surface area (Å²) < 4.78 is 1.81. The lowest BCUT2D eigenvalue weighted by atomic mass is 10.3. The van der Waals surface area contributed by atoms with Crippen LogP contribution in [0, 0.1) is 0 Å². The summed E-state index contributed by atoms with van der Waals surface area (Å²) in [5, 5.41) is 12.6. The fourth-order valence-electron chi connectivity index (χ4n) is 1.44. The van der Waals surface area contributed by atoms with E-state index >= 15 is 0 Å². The SMILES string of the molecule is Cn1ncc(NC(=O)c2[nH]ncc2Br)c1C(N)=O. The Morgan fingerprint density at radius 3 is 2.78 bits per heavy atom. The highest BCUT2D eigenvalue weighted by Crippen LogP contribution is 2.17. The predicted molar refractivity (Wildman–Crippen MR) is 66.0 cm³/mol. The van der Waals surface area contributed by atoms with Crippen LogP contribution in [-0.4, -0.2) is 31.8 Å². The van der Waals surface area contributed by atoms with E-state index in [9.17, 15) is 9.59 Å². The van der Waals surface area contributed by atoms with Gasteiger partial charge in [0.1, 0.15) is 11.4 Å². The summed E-state index contributed by atoms with van der Waals surface area (Å²) in [6.07, 6.45) is 2.80.